The van der Waals surface area contributed by atoms with Crippen LogP contribution in [0.2, 0.25) is 5.02 Å². The van der Waals surface area contributed by atoms with Crippen LogP contribution in [0.1, 0.15) is 19.4 Å². The van der Waals surface area contributed by atoms with Gasteiger partial charge in [-0.3, -0.25) is 4.79 Å². The monoisotopic (exact) mass is 296 g/mol. The lowest BCUT2D eigenvalue weighted by molar-refractivity contribution is -0.126. The minimum atomic E-state index is -0.251. The van der Waals surface area contributed by atoms with Crippen molar-refractivity contribution in [2.24, 2.45) is 0 Å². The molecule has 1 aromatic carbocycles. The van der Waals surface area contributed by atoms with Crippen molar-refractivity contribution in [3.63, 3.8) is 0 Å². The number of carbonyl (C=O) groups is 1. The van der Waals surface area contributed by atoms with Gasteiger partial charge in [-0.2, -0.15) is 0 Å². The fraction of sp³-hybridized carbons (Fsp3) is 0.533. The van der Waals surface area contributed by atoms with Crippen LogP contribution in [-0.2, 0) is 14.9 Å². The minimum absolute atomic E-state index is 0.0141. The summed E-state index contributed by atoms with van der Waals surface area (Å²) in [5.41, 5.74) is 0.939. The molecule has 1 amide bonds. The van der Waals surface area contributed by atoms with E-state index < -0.39 is 0 Å². The summed E-state index contributed by atoms with van der Waals surface area (Å²) in [6, 6.07) is 7.50. The van der Waals surface area contributed by atoms with Crippen molar-refractivity contribution in [3.05, 3.63) is 34.9 Å². The number of ether oxygens (including phenoxy) is 1. The number of hydrogen-bond acceptors (Lipinski definition) is 3. The van der Waals surface area contributed by atoms with Crippen molar-refractivity contribution in [1.29, 1.82) is 0 Å². The van der Waals surface area contributed by atoms with Gasteiger partial charge in [0.25, 0.3) is 0 Å². The standard InChI is InChI=1S/C15H21ClN2O2/c1-15(2,11-4-3-5-12(16)8-11)10-18-14(19)13-9-20-7-6-17-13/h3-5,8,13,17H,6-7,9-10H2,1-2H3,(H,18,19). The molecule has 1 aliphatic rings. The molecule has 0 radical (unpaired) electrons. The smallest absolute Gasteiger partial charge is 0.239 e. The number of halogens is 1. The molecule has 2 rings (SSSR count). The van der Waals surface area contributed by atoms with E-state index in [1.165, 1.54) is 0 Å². The van der Waals surface area contributed by atoms with Crippen LogP contribution < -0.4 is 10.6 Å². The van der Waals surface area contributed by atoms with Crippen LogP contribution in [0.4, 0.5) is 0 Å². The van der Waals surface area contributed by atoms with Gasteiger partial charge in [0.1, 0.15) is 6.04 Å². The summed E-state index contributed by atoms with van der Waals surface area (Å²) in [5, 5.41) is 6.84. The zero-order valence-electron chi connectivity index (χ0n) is 11.9. The van der Waals surface area contributed by atoms with Crippen molar-refractivity contribution >= 4 is 17.5 Å². The molecule has 1 saturated heterocycles. The Morgan fingerprint density at radius 1 is 1.55 bits per heavy atom. The second-order valence-electron chi connectivity index (χ2n) is 5.69. The van der Waals surface area contributed by atoms with E-state index in [1.54, 1.807) is 0 Å². The zero-order chi connectivity index (χ0) is 14.6. The Labute approximate surface area is 124 Å². The molecule has 0 bridgehead atoms. The van der Waals surface area contributed by atoms with Gasteiger partial charge in [-0.25, -0.2) is 0 Å². The van der Waals surface area contributed by atoms with Gasteiger partial charge in [-0.05, 0) is 17.7 Å². The molecule has 1 aromatic rings. The first-order valence-electron chi connectivity index (χ1n) is 6.84. The number of rotatable bonds is 4. The van der Waals surface area contributed by atoms with Gasteiger partial charge < -0.3 is 15.4 Å². The maximum absolute atomic E-state index is 12.1. The fourth-order valence-electron chi connectivity index (χ4n) is 2.18. The van der Waals surface area contributed by atoms with E-state index in [0.717, 1.165) is 12.1 Å². The van der Waals surface area contributed by atoms with Gasteiger partial charge >= 0.3 is 0 Å². The summed E-state index contributed by atoms with van der Waals surface area (Å²) < 4.78 is 5.29. The van der Waals surface area contributed by atoms with E-state index in [-0.39, 0.29) is 17.4 Å². The average molecular weight is 297 g/mol. The predicted octanol–water partition coefficient (Wildman–Crippen LogP) is 1.72. The summed E-state index contributed by atoms with van der Waals surface area (Å²) in [4.78, 5) is 12.1. The Hall–Kier alpha value is -1.10. The molecule has 1 unspecified atom stereocenters. The summed E-state index contributed by atoms with van der Waals surface area (Å²) in [6.07, 6.45) is 0. The van der Waals surface area contributed by atoms with Crippen molar-refractivity contribution in [2.75, 3.05) is 26.3 Å². The molecule has 0 spiro atoms. The highest BCUT2D eigenvalue weighted by molar-refractivity contribution is 6.30. The van der Waals surface area contributed by atoms with Gasteiger partial charge in [0, 0.05) is 23.5 Å². The van der Waals surface area contributed by atoms with E-state index in [0.29, 0.717) is 24.8 Å². The van der Waals surface area contributed by atoms with Gasteiger partial charge in [-0.15, -0.1) is 0 Å². The van der Waals surface area contributed by atoms with Gasteiger partial charge in [0.15, 0.2) is 0 Å². The van der Waals surface area contributed by atoms with Gasteiger partial charge in [0.2, 0.25) is 5.91 Å². The number of amides is 1. The second kappa shape index (κ2) is 6.57. The normalized spacial score (nSPS) is 19.6. The van der Waals surface area contributed by atoms with Crippen LogP contribution >= 0.6 is 11.6 Å². The molecular formula is C15H21ClN2O2. The Morgan fingerprint density at radius 2 is 2.35 bits per heavy atom. The van der Waals surface area contributed by atoms with Crippen LogP contribution in [0, 0.1) is 0 Å². The van der Waals surface area contributed by atoms with Crippen LogP contribution in [0.5, 0.6) is 0 Å². The Kier molecular flexibility index (Phi) is 5.02. The first kappa shape index (κ1) is 15.3. The van der Waals surface area contributed by atoms with E-state index in [9.17, 15) is 4.79 Å². The molecule has 1 atom stereocenters. The zero-order valence-corrected chi connectivity index (χ0v) is 12.7. The van der Waals surface area contributed by atoms with Crippen molar-refractivity contribution in [1.82, 2.24) is 10.6 Å². The number of morpholine rings is 1. The number of benzene rings is 1. The van der Waals surface area contributed by atoms with Crippen LogP contribution in [0.15, 0.2) is 24.3 Å². The fourth-order valence-corrected chi connectivity index (χ4v) is 2.37. The van der Waals surface area contributed by atoms with Crippen molar-refractivity contribution in [3.8, 4) is 0 Å². The summed E-state index contributed by atoms with van der Waals surface area (Å²) in [7, 11) is 0. The van der Waals surface area contributed by atoms with E-state index in [2.05, 4.69) is 24.5 Å². The Morgan fingerprint density at radius 3 is 3.00 bits per heavy atom. The summed E-state index contributed by atoms with van der Waals surface area (Å²) in [5.74, 6) is -0.0141. The maximum Gasteiger partial charge on any atom is 0.239 e. The SMILES string of the molecule is CC(C)(CNC(=O)C1COCCN1)c1cccc(Cl)c1. The van der Waals surface area contributed by atoms with Crippen molar-refractivity contribution in [2.45, 2.75) is 25.3 Å². The molecular weight excluding hydrogens is 276 g/mol. The number of nitrogens with one attached hydrogen (secondary N) is 2. The average Bonchev–Trinajstić information content (AvgIpc) is 2.46. The molecule has 1 heterocycles. The van der Waals surface area contributed by atoms with E-state index in [4.69, 9.17) is 16.3 Å². The van der Waals surface area contributed by atoms with Crippen LogP contribution in [-0.4, -0.2) is 38.3 Å². The second-order valence-corrected chi connectivity index (χ2v) is 6.13. The molecule has 0 saturated carbocycles. The highest BCUT2D eigenvalue weighted by Gasteiger charge is 2.25. The largest absolute Gasteiger partial charge is 0.378 e. The molecule has 20 heavy (non-hydrogen) atoms. The van der Waals surface area contributed by atoms with Crippen molar-refractivity contribution < 1.29 is 9.53 Å². The third-order valence-electron chi connectivity index (χ3n) is 3.55. The molecule has 0 aromatic heterocycles. The number of carbonyl (C=O) groups excluding carboxylic acids is 1. The quantitative estimate of drug-likeness (QED) is 0.889. The lowest BCUT2D eigenvalue weighted by Gasteiger charge is -2.28. The summed E-state index contributed by atoms with van der Waals surface area (Å²) in [6.45, 7) is 6.55. The topological polar surface area (TPSA) is 50.4 Å². The van der Waals surface area contributed by atoms with E-state index >= 15 is 0 Å². The first-order chi connectivity index (χ1) is 9.49. The van der Waals surface area contributed by atoms with Crippen LogP contribution in [0.3, 0.4) is 0 Å². The van der Waals surface area contributed by atoms with Crippen LogP contribution in [0.25, 0.3) is 0 Å². The highest BCUT2D eigenvalue weighted by Crippen LogP contribution is 2.24. The molecule has 1 fully saturated rings. The molecule has 2 N–H and O–H groups in total. The predicted molar refractivity (Wildman–Crippen MR) is 80.1 cm³/mol. The van der Waals surface area contributed by atoms with Gasteiger partial charge in [0.05, 0.1) is 13.2 Å². The summed E-state index contributed by atoms with van der Waals surface area (Å²) >= 11 is 6.02. The number of hydrogen-bond donors (Lipinski definition) is 2. The maximum atomic E-state index is 12.1. The molecule has 4 nitrogen and oxygen atoms in total. The molecule has 1 aliphatic heterocycles. The lowest BCUT2D eigenvalue weighted by Crippen LogP contribution is -2.52. The minimum Gasteiger partial charge on any atom is -0.378 e. The Bertz CT molecular complexity index is 471. The third kappa shape index (κ3) is 3.95. The third-order valence-corrected chi connectivity index (χ3v) is 3.78. The van der Waals surface area contributed by atoms with E-state index in [1.807, 2.05) is 24.3 Å². The van der Waals surface area contributed by atoms with Gasteiger partial charge in [-0.1, -0.05) is 37.6 Å². The first-order valence-corrected chi connectivity index (χ1v) is 7.22. The Balaban J connectivity index is 1.93. The molecule has 5 heteroatoms. The molecule has 110 valence electrons. The lowest BCUT2D eigenvalue weighted by atomic mass is 9.84. The molecule has 0 aliphatic carbocycles. The highest BCUT2D eigenvalue weighted by atomic mass is 35.5.